The highest BCUT2D eigenvalue weighted by Crippen LogP contribution is 2.31. The van der Waals surface area contributed by atoms with Crippen LogP contribution in [0.3, 0.4) is 0 Å². The van der Waals surface area contributed by atoms with E-state index in [4.69, 9.17) is 0 Å². The van der Waals surface area contributed by atoms with Crippen LogP contribution in [0.2, 0.25) is 0 Å². The van der Waals surface area contributed by atoms with E-state index in [0.29, 0.717) is 12.0 Å². The van der Waals surface area contributed by atoms with Crippen molar-refractivity contribution in [2.24, 2.45) is 0 Å². The van der Waals surface area contributed by atoms with Crippen LogP contribution in [-0.2, 0) is 11.2 Å². The maximum atomic E-state index is 13.5. The smallest absolute Gasteiger partial charge is 0.225 e. The molecule has 1 aliphatic rings. The largest absolute Gasteiger partial charge is 0.351 e. The molecule has 2 aromatic rings. The average molecular weight is 336 g/mol. The minimum absolute atomic E-state index is 0.0414. The van der Waals surface area contributed by atoms with Gasteiger partial charge in [-0.2, -0.15) is 0 Å². The van der Waals surface area contributed by atoms with Crippen LogP contribution in [0.5, 0.6) is 0 Å². The summed E-state index contributed by atoms with van der Waals surface area (Å²) in [5, 5.41) is 4.98. The summed E-state index contributed by atoms with van der Waals surface area (Å²) >= 11 is 1.55. The number of carbonyl (C=O) groups excluding carboxylic acids is 1. The fourth-order valence-electron chi connectivity index (χ4n) is 3.11. The van der Waals surface area contributed by atoms with Crippen LogP contribution in [0.25, 0.3) is 0 Å². The highest BCUT2D eigenvalue weighted by atomic mass is 32.1. The second-order valence-corrected chi connectivity index (χ2v) is 6.85. The molecule has 3 rings (SSSR count). The number of benzene rings is 1. The molecule has 1 fully saturated rings. The molecular formula is C17H18F2N2OS. The summed E-state index contributed by atoms with van der Waals surface area (Å²) in [7, 11) is 1.93. The Morgan fingerprint density at radius 2 is 2.17 bits per heavy atom. The normalized spacial score (nSPS) is 21.5. The lowest BCUT2D eigenvalue weighted by molar-refractivity contribution is -0.121. The van der Waals surface area contributed by atoms with Crippen molar-refractivity contribution in [1.82, 2.24) is 10.2 Å². The van der Waals surface area contributed by atoms with Gasteiger partial charge in [-0.05, 0) is 42.6 Å². The van der Waals surface area contributed by atoms with E-state index in [0.717, 1.165) is 23.9 Å². The van der Waals surface area contributed by atoms with E-state index in [-0.39, 0.29) is 18.0 Å². The topological polar surface area (TPSA) is 32.3 Å². The molecule has 0 bridgehead atoms. The Bertz CT molecular complexity index is 690. The molecule has 0 unspecified atom stereocenters. The highest BCUT2D eigenvalue weighted by molar-refractivity contribution is 7.10. The molecule has 0 spiro atoms. The molecule has 1 N–H and O–H groups in total. The molecule has 23 heavy (non-hydrogen) atoms. The van der Waals surface area contributed by atoms with Crippen molar-refractivity contribution in [3.05, 3.63) is 57.8 Å². The van der Waals surface area contributed by atoms with Crippen molar-refractivity contribution in [2.75, 3.05) is 13.6 Å². The summed E-state index contributed by atoms with van der Waals surface area (Å²) in [6, 6.07) is 7.55. The Morgan fingerprint density at radius 3 is 2.87 bits per heavy atom. The zero-order chi connectivity index (χ0) is 16.4. The lowest BCUT2D eigenvalue weighted by Crippen LogP contribution is -2.39. The summed E-state index contributed by atoms with van der Waals surface area (Å²) in [5.74, 6) is -1.75. The molecule has 3 nitrogen and oxygen atoms in total. The van der Waals surface area contributed by atoms with E-state index < -0.39 is 11.6 Å². The van der Waals surface area contributed by atoms with E-state index in [2.05, 4.69) is 10.2 Å². The van der Waals surface area contributed by atoms with Crippen LogP contribution in [0.1, 0.15) is 22.9 Å². The number of carbonyl (C=O) groups is 1. The SMILES string of the molecule is CN1CC[C@@H](NC(=O)Cc2cccs2)[C@@H]1c1ccc(F)c(F)c1. The van der Waals surface area contributed by atoms with Crippen molar-refractivity contribution in [3.8, 4) is 0 Å². The maximum absolute atomic E-state index is 13.5. The number of nitrogens with one attached hydrogen (secondary N) is 1. The minimum atomic E-state index is -0.855. The molecule has 1 aromatic heterocycles. The van der Waals surface area contributed by atoms with Gasteiger partial charge in [-0.1, -0.05) is 12.1 Å². The number of halogens is 2. The Hall–Kier alpha value is -1.79. The molecule has 1 aliphatic heterocycles. The number of likely N-dealkylation sites (tertiary alicyclic amines) is 1. The van der Waals surface area contributed by atoms with E-state index in [1.54, 1.807) is 17.4 Å². The van der Waals surface area contributed by atoms with Gasteiger partial charge in [0.1, 0.15) is 0 Å². The third-order valence-electron chi connectivity index (χ3n) is 4.20. The molecule has 2 atom stereocenters. The van der Waals surface area contributed by atoms with E-state index in [1.165, 1.54) is 6.07 Å². The number of rotatable bonds is 4. The molecule has 0 aliphatic carbocycles. The molecular weight excluding hydrogens is 318 g/mol. The third kappa shape index (κ3) is 3.59. The standard InChI is InChI=1S/C17H18F2N2OS/c1-21-7-6-15(20-16(22)10-12-3-2-8-23-12)17(21)11-4-5-13(18)14(19)9-11/h2-5,8-9,15,17H,6-7,10H2,1H3,(H,20,22)/t15-,17+/m1/s1. The zero-order valence-corrected chi connectivity index (χ0v) is 13.6. The van der Waals surface area contributed by atoms with Gasteiger partial charge in [-0.3, -0.25) is 9.69 Å². The summed E-state index contributed by atoms with van der Waals surface area (Å²) in [5.41, 5.74) is 0.685. The lowest BCUT2D eigenvalue weighted by Gasteiger charge is -2.26. The molecule has 122 valence electrons. The predicted molar refractivity (Wildman–Crippen MR) is 86.3 cm³/mol. The molecule has 1 amide bonds. The number of hydrogen-bond donors (Lipinski definition) is 1. The first-order valence-electron chi connectivity index (χ1n) is 7.51. The van der Waals surface area contributed by atoms with Crippen molar-refractivity contribution in [1.29, 1.82) is 0 Å². The second kappa shape index (κ2) is 6.76. The quantitative estimate of drug-likeness (QED) is 0.930. The third-order valence-corrected chi connectivity index (χ3v) is 5.07. The van der Waals surface area contributed by atoms with Crippen LogP contribution >= 0.6 is 11.3 Å². The van der Waals surface area contributed by atoms with Crippen molar-refractivity contribution in [3.63, 3.8) is 0 Å². The van der Waals surface area contributed by atoms with Gasteiger partial charge in [-0.15, -0.1) is 11.3 Å². The molecule has 0 saturated carbocycles. The predicted octanol–water partition coefficient (Wildman–Crippen LogP) is 3.13. The number of hydrogen-bond acceptors (Lipinski definition) is 3. The Morgan fingerprint density at radius 1 is 1.35 bits per heavy atom. The van der Waals surface area contributed by atoms with Crippen molar-refractivity contribution >= 4 is 17.2 Å². The van der Waals surface area contributed by atoms with Gasteiger partial charge in [0.05, 0.1) is 12.5 Å². The average Bonchev–Trinajstić information content (AvgIpc) is 3.12. The number of amides is 1. The number of thiophene rings is 1. The summed E-state index contributed by atoms with van der Waals surface area (Å²) in [6.45, 7) is 0.799. The van der Waals surface area contributed by atoms with Crippen molar-refractivity contribution < 1.29 is 13.6 Å². The fourth-order valence-corrected chi connectivity index (χ4v) is 3.81. The van der Waals surface area contributed by atoms with Crippen LogP contribution in [0.4, 0.5) is 8.78 Å². The van der Waals surface area contributed by atoms with Gasteiger partial charge in [-0.25, -0.2) is 8.78 Å². The van der Waals surface area contributed by atoms with E-state index >= 15 is 0 Å². The Kier molecular flexibility index (Phi) is 4.73. The first kappa shape index (κ1) is 16.1. The van der Waals surface area contributed by atoms with Gasteiger partial charge < -0.3 is 5.32 Å². The summed E-state index contributed by atoms with van der Waals surface area (Å²) in [6.07, 6.45) is 1.14. The zero-order valence-electron chi connectivity index (χ0n) is 12.8. The van der Waals surface area contributed by atoms with Crippen LogP contribution in [-0.4, -0.2) is 30.4 Å². The number of likely N-dealkylation sites (N-methyl/N-ethyl adjacent to an activating group) is 1. The van der Waals surface area contributed by atoms with E-state index in [1.807, 2.05) is 24.6 Å². The molecule has 1 saturated heterocycles. The second-order valence-electron chi connectivity index (χ2n) is 5.82. The molecule has 1 aromatic carbocycles. The Labute approximate surface area is 137 Å². The molecule has 0 radical (unpaired) electrons. The Balaban J connectivity index is 1.73. The number of nitrogens with zero attached hydrogens (tertiary/aromatic N) is 1. The van der Waals surface area contributed by atoms with Gasteiger partial charge in [0.2, 0.25) is 5.91 Å². The van der Waals surface area contributed by atoms with Crippen molar-refractivity contribution in [2.45, 2.75) is 24.9 Å². The molecule has 2 heterocycles. The van der Waals surface area contributed by atoms with Crippen LogP contribution < -0.4 is 5.32 Å². The highest BCUT2D eigenvalue weighted by Gasteiger charge is 2.34. The van der Waals surface area contributed by atoms with E-state index in [9.17, 15) is 13.6 Å². The fraction of sp³-hybridized carbons (Fsp3) is 0.353. The lowest BCUT2D eigenvalue weighted by atomic mass is 9.99. The monoisotopic (exact) mass is 336 g/mol. The maximum Gasteiger partial charge on any atom is 0.225 e. The first-order chi connectivity index (χ1) is 11.0. The van der Waals surface area contributed by atoms with Gasteiger partial charge in [0, 0.05) is 17.5 Å². The molecule has 6 heteroatoms. The first-order valence-corrected chi connectivity index (χ1v) is 8.39. The van der Waals surface area contributed by atoms with Crippen LogP contribution in [0.15, 0.2) is 35.7 Å². The van der Waals surface area contributed by atoms with Gasteiger partial charge in [0.25, 0.3) is 0 Å². The minimum Gasteiger partial charge on any atom is -0.351 e. The van der Waals surface area contributed by atoms with Crippen LogP contribution in [0, 0.1) is 11.6 Å². The van der Waals surface area contributed by atoms with Gasteiger partial charge >= 0.3 is 0 Å². The summed E-state index contributed by atoms with van der Waals surface area (Å²) in [4.78, 5) is 15.3. The van der Waals surface area contributed by atoms with Gasteiger partial charge in [0.15, 0.2) is 11.6 Å². The summed E-state index contributed by atoms with van der Waals surface area (Å²) < 4.78 is 26.7.